The van der Waals surface area contributed by atoms with Crippen molar-refractivity contribution in [1.29, 1.82) is 0 Å². The standard InChI is InChI=1S/C23H18O2/c1-16(21-12-6-10-18-8-4-5-11-22(18)21)25-23(24)20-14-13-17-7-2-3-9-19(17)15-20/h2-16H,1H3. The summed E-state index contributed by atoms with van der Waals surface area (Å²) in [5, 5.41) is 4.41. The summed E-state index contributed by atoms with van der Waals surface area (Å²) in [4.78, 5) is 12.6. The smallest absolute Gasteiger partial charge is 0.338 e. The zero-order chi connectivity index (χ0) is 17.2. The van der Waals surface area contributed by atoms with Gasteiger partial charge in [0.25, 0.3) is 0 Å². The Morgan fingerprint density at radius 3 is 2.28 bits per heavy atom. The van der Waals surface area contributed by atoms with E-state index in [1.54, 1.807) is 0 Å². The molecule has 0 aliphatic heterocycles. The fourth-order valence-corrected chi connectivity index (χ4v) is 3.21. The largest absolute Gasteiger partial charge is 0.454 e. The van der Waals surface area contributed by atoms with Gasteiger partial charge in [-0.05, 0) is 46.2 Å². The van der Waals surface area contributed by atoms with Crippen LogP contribution in [-0.4, -0.2) is 5.97 Å². The van der Waals surface area contributed by atoms with Crippen LogP contribution in [0.5, 0.6) is 0 Å². The third kappa shape index (κ3) is 2.99. The zero-order valence-electron chi connectivity index (χ0n) is 14.0. The lowest BCUT2D eigenvalue weighted by Gasteiger charge is -2.16. The van der Waals surface area contributed by atoms with Crippen LogP contribution in [0.3, 0.4) is 0 Å². The summed E-state index contributed by atoms with van der Waals surface area (Å²) >= 11 is 0. The third-order valence-electron chi connectivity index (χ3n) is 4.53. The topological polar surface area (TPSA) is 26.3 Å². The Balaban J connectivity index is 1.62. The van der Waals surface area contributed by atoms with Crippen LogP contribution < -0.4 is 0 Å². The van der Waals surface area contributed by atoms with Gasteiger partial charge in [0.05, 0.1) is 5.56 Å². The first-order chi connectivity index (χ1) is 12.2. The van der Waals surface area contributed by atoms with Gasteiger partial charge in [-0.1, -0.05) is 72.8 Å². The molecule has 0 saturated carbocycles. The van der Waals surface area contributed by atoms with Gasteiger partial charge in [0.1, 0.15) is 6.10 Å². The summed E-state index contributed by atoms with van der Waals surface area (Å²) in [6, 6.07) is 27.9. The second-order valence-electron chi connectivity index (χ2n) is 6.18. The first-order valence-electron chi connectivity index (χ1n) is 8.40. The minimum Gasteiger partial charge on any atom is -0.454 e. The van der Waals surface area contributed by atoms with Crippen molar-refractivity contribution in [2.24, 2.45) is 0 Å². The number of benzene rings is 4. The highest BCUT2D eigenvalue weighted by Gasteiger charge is 2.16. The minimum absolute atomic E-state index is 0.300. The summed E-state index contributed by atoms with van der Waals surface area (Å²) in [5.74, 6) is -0.300. The number of hydrogen-bond acceptors (Lipinski definition) is 2. The number of fused-ring (bicyclic) bond motifs is 2. The molecule has 0 fully saturated rings. The second-order valence-corrected chi connectivity index (χ2v) is 6.18. The minimum atomic E-state index is -0.315. The Kier molecular flexibility index (Phi) is 3.95. The van der Waals surface area contributed by atoms with E-state index in [4.69, 9.17) is 4.74 Å². The molecule has 4 rings (SSSR count). The summed E-state index contributed by atoms with van der Waals surface area (Å²) in [6.45, 7) is 1.92. The molecule has 1 atom stereocenters. The van der Waals surface area contributed by atoms with Crippen LogP contribution >= 0.6 is 0 Å². The molecule has 4 aromatic rings. The molecule has 1 unspecified atom stereocenters. The molecule has 0 N–H and O–H groups in total. The molecular weight excluding hydrogens is 308 g/mol. The maximum Gasteiger partial charge on any atom is 0.338 e. The van der Waals surface area contributed by atoms with Crippen molar-refractivity contribution in [2.45, 2.75) is 13.0 Å². The molecule has 0 bridgehead atoms. The average molecular weight is 326 g/mol. The molecule has 0 aliphatic carbocycles. The van der Waals surface area contributed by atoms with Crippen LogP contribution in [0, 0.1) is 0 Å². The maximum atomic E-state index is 12.6. The van der Waals surface area contributed by atoms with Crippen molar-refractivity contribution < 1.29 is 9.53 Å². The lowest BCUT2D eigenvalue weighted by atomic mass is 10.0. The third-order valence-corrected chi connectivity index (χ3v) is 4.53. The van der Waals surface area contributed by atoms with Crippen molar-refractivity contribution >= 4 is 27.5 Å². The van der Waals surface area contributed by atoms with Gasteiger partial charge in [0, 0.05) is 0 Å². The molecule has 0 amide bonds. The SMILES string of the molecule is CC(OC(=O)c1ccc2ccccc2c1)c1cccc2ccccc12. The number of carbonyl (C=O) groups excluding carboxylic acids is 1. The highest BCUT2D eigenvalue weighted by atomic mass is 16.5. The lowest BCUT2D eigenvalue weighted by molar-refractivity contribution is 0.0341. The predicted molar refractivity (Wildman–Crippen MR) is 102 cm³/mol. The molecular formula is C23H18O2. The quantitative estimate of drug-likeness (QED) is 0.437. The van der Waals surface area contributed by atoms with E-state index in [9.17, 15) is 4.79 Å². The van der Waals surface area contributed by atoms with Crippen molar-refractivity contribution in [3.63, 3.8) is 0 Å². The van der Waals surface area contributed by atoms with Gasteiger partial charge in [0.15, 0.2) is 0 Å². The molecule has 122 valence electrons. The van der Waals surface area contributed by atoms with Crippen molar-refractivity contribution in [2.75, 3.05) is 0 Å². The number of carbonyl (C=O) groups is 1. The van der Waals surface area contributed by atoms with Gasteiger partial charge < -0.3 is 4.74 Å². The van der Waals surface area contributed by atoms with Crippen LogP contribution in [0.4, 0.5) is 0 Å². The molecule has 0 spiro atoms. The monoisotopic (exact) mass is 326 g/mol. The molecule has 25 heavy (non-hydrogen) atoms. The number of hydrogen-bond donors (Lipinski definition) is 0. The molecule has 0 aromatic heterocycles. The Hall–Kier alpha value is -3.13. The molecule has 2 heteroatoms. The van der Waals surface area contributed by atoms with Crippen molar-refractivity contribution in [1.82, 2.24) is 0 Å². The van der Waals surface area contributed by atoms with Crippen LogP contribution in [0.15, 0.2) is 84.9 Å². The van der Waals surface area contributed by atoms with E-state index in [0.29, 0.717) is 5.56 Å². The molecule has 4 aromatic carbocycles. The van der Waals surface area contributed by atoms with Crippen molar-refractivity contribution in [3.05, 3.63) is 96.1 Å². The Labute approximate surface area is 146 Å². The van der Waals surface area contributed by atoms with Crippen LogP contribution in [0.1, 0.15) is 28.9 Å². The van der Waals surface area contributed by atoms with Gasteiger partial charge >= 0.3 is 5.97 Å². The number of ether oxygens (including phenoxy) is 1. The first-order valence-corrected chi connectivity index (χ1v) is 8.40. The molecule has 0 heterocycles. The fraction of sp³-hybridized carbons (Fsp3) is 0.0870. The highest BCUT2D eigenvalue weighted by Crippen LogP contribution is 2.27. The van der Waals surface area contributed by atoms with E-state index in [-0.39, 0.29) is 12.1 Å². The van der Waals surface area contributed by atoms with Gasteiger partial charge in [-0.25, -0.2) is 4.79 Å². The second kappa shape index (κ2) is 6.40. The van der Waals surface area contributed by atoms with Gasteiger partial charge in [-0.3, -0.25) is 0 Å². The average Bonchev–Trinajstić information content (AvgIpc) is 2.67. The van der Waals surface area contributed by atoms with Crippen LogP contribution in [0.25, 0.3) is 21.5 Å². The van der Waals surface area contributed by atoms with Crippen molar-refractivity contribution in [3.8, 4) is 0 Å². The van der Waals surface area contributed by atoms with E-state index >= 15 is 0 Å². The predicted octanol–water partition coefficient (Wildman–Crippen LogP) is 5.91. The normalized spacial score (nSPS) is 12.2. The highest BCUT2D eigenvalue weighted by molar-refractivity contribution is 5.95. The summed E-state index contributed by atoms with van der Waals surface area (Å²) in [7, 11) is 0. The first kappa shape index (κ1) is 15.4. The molecule has 0 saturated heterocycles. The van der Waals surface area contributed by atoms with E-state index in [2.05, 4.69) is 18.2 Å². The van der Waals surface area contributed by atoms with Gasteiger partial charge in [-0.15, -0.1) is 0 Å². The number of esters is 1. The number of rotatable bonds is 3. The Morgan fingerprint density at radius 1 is 0.760 bits per heavy atom. The maximum absolute atomic E-state index is 12.6. The molecule has 0 radical (unpaired) electrons. The van der Waals surface area contributed by atoms with E-state index in [1.165, 1.54) is 0 Å². The summed E-state index contributed by atoms with van der Waals surface area (Å²) in [5.41, 5.74) is 1.60. The van der Waals surface area contributed by atoms with Crippen LogP contribution in [0.2, 0.25) is 0 Å². The lowest BCUT2D eigenvalue weighted by Crippen LogP contribution is -2.09. The van der Waals surface area contributed by atoms with E-state index in [1.807, 2.05) is 73.7 Å². The van der Waals surface area contributed by atoms with E-state index < -0.39 is 0 Å². The molecule has 0 aliphatic rings. The Morgan fingerprint density at radius 2 is 1.44 bits per heavy atom. The fourth-order valence-electron chi connectivity index (χ4n) is 3.21. The Bertz CT molecular complexity index is 1060. The van der Waals surface area contributed by atoms with Crippen LogP contribution in [-0.2, 0) is 4.74 Å². The van der Waals surface area contributed by atoms with E-state index in [0.717, 1.165) is 27.1 Å². The summed E-state index contributed by atoms with van der Waals surface area (Å²) < 4.78 is 5.74. The van der Waals surface area contributed by atoms with Gasteiger partial charge in [0.2, 0.25) is 0 Å². The summed E-state index contributed by atoms with van der Waals surface area (Å²) in [6.07, 6.45) is -0.315. The molecule has 2 nitrogen and oxygen atoms in total. The van der Waals surface area contributed by atoms with Gasteiger partial charge in [-0.2, -0.15) is 0 Å². The zero-order valence-corrected chi connectivity index (χ0v) is 14.0.